The summed E-state index contributed by atoms with van der Waals surface area (Å²) >= 11 is 0. The van der Waals surface area contributed by atoms with E-state index in [1.54, 1.807) is 0 Å². The maximum absolute atomic E-state index is 3.70. The van der Waals surface area contributed by atoms with Crippen molar-refractivity contribution in [3.63, 3.8) is 0 Å². The molecule has 0 nitrogen and oxygen atoms in total. The SMILES string of the molecule is [CH2-]CCCC[CH2-].[Ca+2]. The molecule has 0 aliphatic carbocycles. The number of unbranched alkanes of at least 4 members (excludes halogenated alkanes) is 3. The summed E-state index contributed by atoms with van der Waals surface area (Å²) in [5, 5.41) is 0. The zero-order valence-corrected chi connectivity index (χ0v) is 7.16. The van der Waals surface area contributed by atoms with Gasteiger partial charge in [-0.3, -0.25) is 0 Å². The van der Waals surface area contributed by atoms with E-state index in [4.69, 9.17) is 0 Å². The molecule has 0 rings (SSSR count). The van der Waals surface area contributed by atoms with Crippen LogP contribution in [-0.2, 0) is 0 Å². The fourth-order valence-electron chi connectivity index (χ4n) is 0.354. The van der Waals surface area contributed by atoms with E-state index >= 15 is 0 Å². The fraction of sp³-hybridized carbons (Fsp3) is 0.667. The van der Waals surface area contributed by atoms with Crippen LogP contribution in [0.5, 0.6) is 0 Å². The Hall–Kier alpha value is 1.26. The van der Waals surface area contributed by atoms with Crippen LogP contribution < -0.4 is 0 Å². The molecule has 0 saturated carbocycles. The summed E-state index contributed by atoms with van der Waals surface area (Å²) in [6.45, 7) is 7.39. The smallest absolute Gasteiger partial charge is 0.343 e. The third kappa shape index (κ3) is 11.1. The van der Waals surface area contributed by atoms with Gasteiger partial charge in [-0.25, -0.2) is 0 Å². The van der Waals surface area contributed by atoms with Gasteiger partial charge in [0, 0.05) is 0 Å². The molecule has 0 aromatic carbocycles. The first-order valence-electron chi connectivity index (χ1n) is 2.50. The molecule has 0 aliphatic rings. The second-order valence-corrected chi connectivity index (χ2v) is 1.41. The van der Waals surface area contributed by atoms with Crippen molar-refractivity contribution < 1.29 is 0 Å². The molecule has 0 aromatic rings. The molecule has 0 N–H and O–H groups in total. The Morgan fingerprint density at radius 3 is 1.29 bits per heavy atom. The molecule has 0 radical (unpaired) electrons. The predicted octanol–water partition coefficient (Wildman–Crippen LogP) is 1.83. The zero-order valence-electron chi connectivity index (χ0n) is 4.95. The summed E-state index contributed by atoms with van der Waals surface area (Å²) in [6.07, 6.45) is 4.61. The Morgan fingerprint density at radius 2 is 1.14 bits per heavy atom. The largest absolute Gasteiger partial charge is 2.00 e. The van der Waals surface area contributed by atoms with Crippen LogP contribution in [0.3, 0.4) is 0 Å². The van der Waals surface area contributed by atoms with Gasteiger partial charge in [-0.1, -0.05) is 12.8 Å². The molecule has 0 unspecified atom stereocenters. The van der Waals surface area contributed by atoms with Gasteiger partial charge >= 0.3 is 37.7 Å². The van der Waals surface area contributed by atoms with Crippen molar-refractivity contribution in [2.45, 2.75) is 25.7 Å². The van der Waals surface area contributed by atoms with Gasteiger partial charge in [-0.2, -0.15) is 12.8 Å². The number of rotatable bonds is 3. The van der Waals surface area contributed by atoms with Crippen LogP contribution in [0.1, 0.15) is 25.7 Å². The van der Waals surface area contributed by atoms with E-state index in [1.165, 1.54) is 12.8 Å². The molecule has 0 bridgehead atoms. The monoisotopic (exact) mass is 124 g/mol. The minimum atomic E-state index is 0. The molecule has 0 fully saturated rings. The minimum Gasteiger partial charge on any atom is -0.343 e. The molecule has 7 heavy (non-hydrogen) atoms. The van der Waals surface area contributed by atoms with Gasteiger partial charge in [0.2, 0.25) is 0 Å². The molecule has 0 atom stereocenters. The standard InChI is InChI=1S/C6H12.Ca/c1-3-5-6-4-2;/h1-6H2;/q-2;+2. The summed E-state index contributed by atoms with van der Waals surface area (Å²) in [6, 6.07) is 0. The average molecular weight is 124 g/mol. The summed E-state index contributed by atoms with van der Waals surface area (Å²) in [5.74, 6) is 0. The van der Waals surface area contributed by atoms with Gasteiger partial charge in [0.25, 0.3) is 0 Å². The van der Waals surface area contributed by atoms with Crippen molar-refractivity contribution in [2.24, 2.45) is 0 Å². The second-order valence-electron chi connectivity index (χ2n) is 1.41. The van der Waals surface area contributed by atoms with Crippen molar-refractivity contribution in [2.75, 3.05) is 0 Å². The second kappa shape index (κ2) is 10.3. The minimum absolute atomic E-state index is 0. The Kier molecular flexibility index (Phi) is 16.3. The molecule has 0 amide bonds. The Labute approximate surface area is 76.7 Å². The van der Waals surface area contributed by atoms with Crippen molar-refractivity contribution in [3.8, 4) is 0 Å². The van der Waals surface area contributed by atoms with E-state index < -0.39 is 0 Å². The molecule has 0 spiro atoms. The van der Waals surface area contributed by atoms with E-state index in [9.17, 15) is 0 Å². The van der Waals surface area contributed by atoms with Crippen LogP contribution in [0.2, 0.25) is 0 Å². The molecular weight excluding hydrogens is 112 g/mol. The van der Waals surface area contributed by atoms with Gasteiger partial charge in [-0.15, -0.1) is 0 Å². The molecule has 0 aromatic heterocycles. The predicted molar refractivity (Wildman–Crippen MR) is 34.9 cm³/mol. The van der Waals surface area contributed by atoms with Crippen LogP contribution >= 0.6 is 0 Å². The molecule has 1 heteroatoms. The first kappa shape index (κ1) is 11.1. The third-order valence-electron chi connectivity index (χ3n) is 0.750. The molecule has 38 valence electrons. The van der Waals surface area contributed by atoms with Gasteiger partial charge in [0.05, 0.1) is 0 Å². The van der Waals surface area contributed by atoms with E-state index in [-0.39, 0.29) is 37.7 Å². The normalized spacial score (nSPS) is 7.71. The van der Waals surface area contributed by atoms with E-state index in [0.29, 0.717) is 0 Å². The number of hydrogen-bond donors (Lipinski definition) is 0. The quantitative estimate of drug-likeness (QED) is 0.306. The van der Waals surface area contributed by atoms with E-state index in [1.807, 2.05) is 0 Å². The first-order valence-corrected chi connectivity index (χ1v) is 2.50. The van der Waals surface area contributed by atoms with Gasteiger partial charge in [-0.05, 0) is 0 Å². The average Bonchev–Trinajstić information content (AvgIpc) is 1.61. The van der Waals surface area contributed by atoms with Crippen LogP contribution in [0, 0.1) is 13.8 Å². The van der Waals surface area contributed by atoms with Crippen molar-refractivity contribution in [1.29, 1.82) is 0 Å². The third-order valence-corrected chi connectivity index (χ3v) is 0.750. The van der Waals surface area contributed by atoms with Crippen LogP contribution in [-0.4, -0.2) is 37.7 Å². The van der Waals surface area contributed by atoms with E-state index in [0.717, 1.165) is 12.8 Å². The molecule has 0 heterocycles. The van der Waals surface area contributed by atoms with Crippen molar-refractivity contribution >= 4 is 37.7 Å². The topological polar surface area (TPSA) is 0 Å². The van der Waals surface area contributed by atoms with Crippen LogP contribution in [0.4, 0.5) is 0 Å². The summed E-state index contributed by atoms with van der Waals surface area (Å²) < 4.78 is 0. The van der Waals surface area contributed by atoms with Gasteiger partial charge in [0.15, 0.2) is 0 Å². The molecule has 0 aliphatic heterocycles. The Bertz CT molecular complexity index is 16.1. The maximum Gasteiger partial charge on any atom is 2.00 e. The molecule has 0 saturated heterocycles. The molecular formula is C6H12Ca. The van der Waals surface area contributed by atoms with Crippen molar-refractivity contribution in [1.82, 2.24) is 0 Å². The zero-order chi connectivity index (χ0) is 4.83. The summed E-state index contributed by atoms with van der Waals surface area (Å²) in [4.78, 5) is 0. The van der Waals surface area contributed by atoms with E-state index in [2.05, 4.69) is 13.8 Å². The van der Waals surface area contributed by atoms with Gasteiger partial charge in [0.1, 0.15) is 0 Å². The van der Waals surface area contributed by atoms with Crippen LogP contribution in [0.25, 0.3) is 0 Å². The number of hydrogen-bond acceptors (Lipinski definition) is 0. The maximum atomic E-state index is 3.70. The fourth-order valence-corrected chi connectivity index (χ4v) is 0.354. The van der Waals surface area contributed by atoms with Crippen LogP contribution in [0.15, 0.2) is 0 Å². The van der Waals surface area contributed by atoms with Crippen molar-refractivity contribution in [3.05, 3.63) is 13.8 Å². The van der Waals surface area contributed by atoms with Gasteiger partial charge < -0.3 is 13.8 Å². The summed E-state index contributed by atoms with van der Waals surface area (Å²) in [7, 11) is 0. The summed E-state index contributed by atoms with van der Waals surface area (Å²) in [5.41, 5.74) is 0. The Morgan fingerprint density at radius 1 is 0.857 bits per heavy atom. The Balaban J connectivity index is 0. The first-order chi connectivity index (χ1) is 2.91.